The van der Waals surface area contributed by atoms with E-state index in [9.17, 15) is 0 Å². The van der Waals surface area contributed by atoms with Gasteiger partial charge in [0.05, 0.1) is 6.54 Å². The molecule has 24 heavy (non-hydrogen) atoms. The molecule has 2 heterocycles. The van der Waals surface area contributed by atoms with Gasteiger partial charge in [0.25, 0.3) is 0 Å². The van der Waals surface area contributed by atoms with Gasteiger partial charge in [-0.15, -0.1) is 0 Å². The van der Waals surface area contributed by atoms with Crippen LogP contribution in [0.5, 0.6) is 0 Å². The lowest BCUT2D eigenvalue weighted by atomic mass is 9.87. The van der Waals surface area contributed by atoms with Crippen molar-refractivity contribution in [2.45, 2.75) is 31.5 Å². The van der Waals surface area contributed by atoms with Crippen molar-refractivity contribution in [1.82, 2.24) is 20.4 Å². The Morgan fingerprint density at radius 3 is 2.58 bits per heavy atom. The third-order valence-electron chi connectivity index (χ3n) is 4.23. The second kappa shape index (κ2) is 6.80. The standard InChI is InChI=1S/C18H19N5O/c1-2-5-13(6-3-1)17-11-16(24-23-17)12-21-14-9-15(10-14)22-18-19-7-4-8-20-18/h1-8,11,14-15,21H,9-10,12H2,(H,19,20,22). The number of nitrogens with zero attached hydrogens (tertiary/aromatic N) is 3. The molecular weight excluding hydrogens is 302 g/mol. The largest absolute Gasteiger partial charge is 0.359 e. The topological polar surface area (TPSA) is 75.9 Å². The quantitative estimate of drug-likeness (QED) is 0.727. The Morgan fingerprint density at radius 2 is 1.79 bits per heavy atom. The summed E-state index contributed by atoms with van der Waals surface area (Å²) in [6, 6.07) is 14.8. The molecule has 1 aromatic carbocycles. The smallest absolute Gasteiger partial charge is 0.222 e. The molecule has 1 aliphatic carbocycles. The summed E-state index contributed by atoms with van der Waals surface area (Å²) in [6.45, 7) is 0.694. The summed E-state index contributed by atoms with van der Waals surface area (Å²) in [5.74, 6) is 1.56. The summed E-state index contributed by atoms with van der Waals surface area (Å²) >= 11 is 0. The number of aromatic nitrogens is 3. The van der Waals surface area contributed by atoms with Crippen molar-refractivity contribution in [3.05, 3.63) is 60.6 Å². The Balaban J connectivity index is 1.24. The summed E-state index contributed by atoms with van der Waals surface area (Å²) in [5, 5.41) is 11.0. The number of rotatable bonds is 6. The maximum Gasteiger partial charge on any atom is 0.222 e. The Kier molecular flexibility index (Phi) is 4.20. The first kappa shape index (κ1) is 14.8. The van der Waals surface area contributed by atoms with Crippen LogP contribution in [0.3, 0.4) is 0 Å². The summed E-state index contributed by atoms with van der Waals surface area (Å²) in [7, 11) is 0. The van der Waals surface area contributed by atoms with E-state index in [-0.39, 0.29) is 0 Å². The molecule has 6 heteroatoms. The molecule has 0 saturated heterocycles. The van der Waals surface area contributed by atoms with Crippen molar-refractivity contribution in [2.24, 2.45) is 0 Å². The Hall–Kier alpha value is -2.73. The highest BCUT2D eigenvalue weighted by atomic mass is 16.5. The van der Waals surface area contributed by atoms with Crippen LogP contribution in [-0.4, -0.2) is 27.2 Å². The molecule has 0 aliphatic heterocycles. The van der Waals surface area contributed by atoms with Crippen LogP contribution in [0.1, 0.15) is 18.6 Å². The zero-order valence-corrected chi connectivity index (χ0v) is 13.2. The van der Waals surface area contributed by atoms with Gasteiger partial charge in [-0.3, -0.25) is 0 Å². The van der Waals surface area contributed by atoms with E-state index < -0.39 is 0 Å². The Morgan fingerprint density at radius 1 is 1.00 bits per heavy atom. The van der Waals surface area contributed by atoms with Gasteiger partial charge in [0.1, 0.15) is 5.69 Å². The molecule has 2 aromatic heterocycles. The third-order valence-corrected chi connectivity index (χ3v) is 4.23. The Bertz CT molecular complexity index is 768. The SMILES string of the molecule is c1ccc(-c2cc(CNC3CC(Nc4ncccn4)C3)on2)cc1. The molecule has 0 bridgehead atoms. The monoisotopic (exact) mass is 321 g/mol. The van der Waals surface area contributed by atoms with Gasteiger partial charge in [0.15, 0.2) is 5.76 Å². The summed E-state index contributed by atoms with van der Waals surface area (Å²) < 4.78 is 5.41. The van der Waals surface area contributed by atoms with E-state index in [1.54, 1.807) is 12.4 Å². The second-order valence-electron chi connectivity index (χ2n) is 6.01. The molecule has 1 aliphatic rings. The van der Waals surface area contributed by atoms with E-state index in [1.165, 1.54) is 0 Å². The van der Waals surface area contributed by atoms with E-state index in [4.69, 9.17) is 4.52 Å². The van der Waals surface area contributed by atoms with E-state index >= 15 is 0 Å². The van der Waals surface area contributed by atoms with Crippen LogP contribution in [0.15, 0.2) is 59.4 Å². The van der Waals surface area contributed by atoms with Crippen molar-refractivity contribution >= 4 is 5.95 Å². The minimum Gasteiger partial charge on any atom is -0.359 e. The van der Waals surface area contributed by atoms with Crippen molar-refractivity contribution in [2.75, 3.05) is 5.32 Å². The Labute approximate surface area is 140 Å². The van der Waals surface area contributed by atoms with Crippen molar-refractivity contribution < 1.29 is 4.52 Å². The fourth-order valence-corrected chi connectivity index (χ4v) is 2.84. The fourth-order valence-electron chi connectivity index (χ4n) is 2.84. The van der Waals surface area contributed by atoms with E-state index in [0.717, 1.165) is 29.9 Å². The predicted molar refractivity (Wildman–Crippen MR) is 91.2 cm³/mol. The molecule has 0 spiro atoms. The maximum atomic E-state index is 5.41. The zero-order chi connectivity index (χ0) is 16.2. The van der Waals surface area contributed by atoms with Crippen LogP contribution in [0.25, 0.3) is 11.3 Å². The molecule has 0 atom stereocenters. The van der Waals surface area contributed by atoms with Crippen LogP contribution in [0.4, 0.5) is 5.95 Å². The zero-order valence-electron chi connectivity index (χ0n) is 13.2. The fraction of sp³-hybridized carbons (Fsp3) is 0.278. The normalized spacial score (nSPS) is 19.7. The molecule has 4 rings (SSSR count). The van der Waals surface area contributed by atoms with Gasteiger partial charge >= 0.3 is 0 Å². The predicted octanol–water partition coefficient (Wildman–Crippen LogP) is 2.86. The average Bonchev–Trinajstić information content (AvgIpc) is 3.07. The number of anilines is 1. The third kappa shape index (κ3) is 3.44. The number of benzene rings is 1. The van der Waals surface area contributed by atoms with Crippen LogP contribution < -0.4 is 10.6 Å². The molecule has 0 unspecified atom stereocenters. The summed E-state index contributed by atoms with van der Waals surface area (Å²) in [5.41, 5.74) is 1.95. The molecule has 2 N–H and O–H groups in total. The van der Waals surface area contributed by atoms with Gasteiger partial charge in [0.2, 0.25) is 5.95 Å². The minimum atomic E-state index is 0.430. The van der Waals surface area contributed by atoms with Gasteiger partial charge in [-0.1, -0.05) is 35.5 Å². The van der Waals surface area contributed by atoms with Crippen molar-refractivity contribution in [3.63, 3.8) is 0 Å². The lowest BCUT2D eigenvalue weighted by Crippen LogP contribution is -2.47. The number of hydrogen-bond acceptors (Lipinski definition) is 6. The molecule has 122 valence electrons. The molecule has 0 radical (unpaired) electrons. The summed E-state index contributed by atoms with van der Waals surface area (Å²) in [6.07, 6.45) is 5.60. The van der Waals surface area contributed by atoms with Crippen LogP contribution in [0, 0.1) is 0 Å². The molecule has 1 fully saturated rings. The minimum absolute atomic E-state index is 0.430. The van der Waals surface area contributed by atoms with Crippen LogP contribution in [0.2, 0.25) is 0 Å². The summed E-state index contributed by atoms with van der Waals surface area (Å²) in [4.78, 5) is 8.37. The van der Waals surface area contributed by atoms with Gasteiger partial charge in [-0.25, -0.2) is 9.97 Å². The number of hydrogen-bond donors (Lipinski definition) is 2. The lowest BCUT2D eigenvalue weighted by molar-refractivity contribution is 0.287. The van der Waals surface area contributed by atoms with E-state index in [1.807, 2.05) is 42.5 Å². The first-order chi connectivity index (χ1) is 11.9. The molecule has 0 amide bonds. The van der Waals surface area contributed by atoms with Crippen LogP contribution in [-0.2, 0) is 6.54 Å². The maximum absolute atomic E-state index is 5.41. The highest BCUT2D eigenvalue weighted by molar-refractivity contribution is 5.58. The highest BCUT2D eigenvalue weighted by Crippen LogP contribution is 2.24. The van der Waals surface area contributed by atoms with Gasteiger partial charge in [-0.05, 0) is 18.9 Å². The molecule has 1 saturated carbocycles. The van der Waals surface area contributed by atoms with Gasteiger partial charge < -0.3 is 15.2 Å². The molecular formula is C18H19N5O. The molecule has 3 aromatic rings. The van der Waals surface area contributed by atoms with E-state index in [0.29, 0.717) is 24.6 Å². The second-order valence-corrected chi connectivity index (χ2v) is 6.01. The average molecular weight is 321 g/mol. The number of nitrogens with one attached hydrogen (secondary N) is 2. The first-order valence-corrected chi connectivity index (χ1v) is 8.15. The lowest BCUT2D eigenvalue weighted by Gasteiger charge is -2.36. The first-order valence-electron chi connectivity index (χ1n) is 8.15. The van der Waals surface area contributed by atoms with Crippen LogP contribution >= 0.6 is 0 Å². The van der Waals surface area contributed by atoms with Gasteiger partial charge in [-0.2, -0.15) is 0 Å². The highest BCUT2D eigenvalue weighted by Gasteiger charge is 2.29. The van der Waals surface area contributed by atoms with Gasteiger partial charge in [0, 0.05) is 36.1 Å². The van der Waals surface area contributed by atoms with Crippen molar-refractivity contribution in [1.29, 1.82) is 0 Å². The molecule has 6 nitrogen and oxygen atoms in total. The van der Waals surface area contributed by atoms with E-state index in [2.05, 4.69) is 25.8 Å². The van der Waals surface area contributed by atoms with Crippen molar-refractivity contribution in [3.8, 4) is 11.3 Å².